The molecule has 0 radical (unpaired) electrons. The molecule has 0 bridgehead atoms. The average Bonchev–Trinajstić information content (AvgIpc) is 3.35. The predicted octanol–water partition coefficient (Wildman–Crippen LogP) is -2.65. The fraction of sp³-hybridized carbons (Fsp3) is 0.796. The van der Waals surface area contributed by atoms with Crippen LogP contribution in [0.4, 0.5) is 0 Å². The second-order valence-corrected chi connectivity index (χ2v) is 24.1. The Kier molecular flexibility index (Phi) is 32.6. The molecule has 0 rings (SSSR count). The van der Waals surface area contributed by atoms with Crippen molar-refractivity contribution in [1.82, 2.24) is 53.2 Å². The van der Waals surface area contributed by atoms with E-state index in [0.717, 1.165) is 0 Å². The highest BCUT2D eigenvalue weighted by Crippen LogP contribution is 2.17. The topological polar surface area (TPSA) is 484 Å². The smallest absolute Gasteiger partial charge is 0.326 e. The molecule has 82 heavy (non-hydrogen) atoms. The summed E-state index contributed by atoms with van der Waals surface area (Å²) in [5.74, 6) is -8.85. The van der Waals surface area contributed by atoms with E-state index in [0.29, 0.717) is 83.8 Å². The first-order valence-electron chi connectivity index (χ1n) is 28.5. The van der Waals surface area contributed by atoms with Crippen LogP contribution in [0.25, 0.3) is 0 Å². The van der Waals surface area contributed by atoms with Gasteiger partial charge in [0, 0.05) is 0 Å². The van der Waals surface area contributed by atoms with Crippen LogP contribution in [0.2, 0.25) is 0 Å². The summed E-state index contributed by atoms with van der Waals surface area (Å²) in [6.07, 6.45) is 5.02. The van der Waals surface area contributed by atoms with Gasteiger partial charge in [-0.2, -0.15) is 0 Å². The highest BCUT2D eigenvalue weighted by atomic mass is 16.4. The van der Waals surface area contributed by atoms with Crippen LogP contribution < -0.4 is 87.6 Å². The average molecular weight is 1170 g/mol. The van der Waals surface area contributed by atoms with E-state index in [9.17, 15) is 57.8 Å². The number of nitrogens with one attached hydrogen (secondary N) is 10. The number of carboxylic acids is 1. The van der Waals surface area contributed by atoms with Crippen LogP contribution in [-0.4, -0.2) is 166 Å². The molecule has 5 atom stereocenters. The van der Waals surface area contributed by atoms with Gasteiger partial charge in [-0.25, -0.2) is 4.79 Å². The molecule has 0 aromatic rings. The normalized spacial score (nSPS) is 14.1. The van der Waals surface area contributed by atoms with Crippen LogP contribution in [0, 0.1) is 0 Å². The predicted molar refractivity (Wildman–Crippen MR) is 311 cm³/mol. The van der Waals surface area contributed by atoms with Crippen molar-refractivity contribution in [2.24, 2.45) is 34.4 Å². The quantitative estimate of drug-likeness (QED) is 0.0278. The van der Waals surface area contributed by atoms with Crippen molar-refractivity contribution in [3.05, 3.63) is 0 Å². The summed E-state index contributed by atoms with van der Waals surface area (Å²) < 4.78 is 0. The maximum Gasteiger partial charge on any atom is 0.326 e. The van der Waals surface area contributed by atoms with Crippen LogP contribution in [0.3, 0.4) is 0 Å². The molecule has 0 heterocycles. The van der Waals surface area contributed by atoms with Crippen molar-refractivity contribution < 1.29 is 57.8 Å². The third kappa shape index (κ3) is 27.3. The number of amides is 10. The van der Waals surface area contributed by atoms with Gasteiger partial charge in [0.15, 0.2) is 0 Å². The Morgan fingerprint density at radius 2 is 0.524 bits per heavy atom. The number of carbonyl (C=O) groups is 11. The Balaban J connectivity index is 6.39. The second-order valence-electron chi connectivity index (χ2n) is 24.1. The number of carbonyl (C=O) groups excluding carboxylic acids is 10. The number of nitrogens with two attached hydrogens (primary N) is 6. The SMILES string of the molecule is CC(C)(N)C(=O)NC(C)(C)C(=O)N[C@@H](CCCCN)C(=O)N[C@@H](CCCCN)C(=O)NC(C)(C)C(=O)NC(C)(C)C(=O)N[C@@H](CCCCN)C(=O)NC(C)(C)C(=O)NC(C)(C)C(=O)N[C@@H](CCCCN)C(=O)N[C@@H](CCCCN)C(=O)O. The van der Waals surface area contributed by atoms with Gasteiger partial charge in [-0.15, -0.1) is 0 Å². The Labute approximate surface area is 484 Å². The van der Waals surface area contributed by atoms with Gasteiger partial charge in [0.05, 0.1) is 5.54 Å². The highest BCUT2D eigenvalue weighted by Gasteiger charge is 2.43. The van der Waals surface area contributed by atoms with Crippen LogP contribution >= 0.6 is 0 Å². The van der Waals surface area contributed by atoms with Crippen molar-refractivity contribution in [3.8, 4) is 0 Å². The van der Waals surface area contributed by atoms with Crippen LogP contribution in [0.5, 0.6) is 0 Å². The van der Waals surface area contributed by atoms with E-state index >= 15 is 0 Å². The summed E-state index contributed by atoms with van der Waals surface area (Å²) >= 11 is 0. The van der Waals surface area contributed by atoms with Gasteiger partial charge in [-0.1, -0.05) is 0 Å². The fourth-order valence-electron chi connectivity index (χ4n) is 7.76. The van der Waals surface area contributed by atoms with E-state index < -0.39 is 128 Å². The molecule has 28 heteroatoms. The van der Waals surface area contributed by atoms with Gasteiger partial charge in [-0.3, -0.25) is 47.9 Å². The zero-order valence-corrected chi connectivity index (χ0v) is 50.9. The van der Waals surface area contributed by atoms with Crippen LogP contribution in [0.1, 0.15) is 179 Å². The van der Waals surface area contributed by atoms with Crippen molar-refractivity contribution in [2.45, 2.75) is 243 Å². The lowest BCUT2D eigenvalue weighted by Crippen LogP contribution is -2.67. The van der Waals surface area contributed by atoms with E-state index in [1.165, 1.54) is 83.1 Å². The molecule has 0 aliphatic rings. The van der Waals surface area contributed by atoms with E-state index in [1.54, 1.807) is 0 Å². The molecular weight excluding hydrogens is 1060 g/mol. The minimum Gasteiger partial charge on any atom is -0.480 e. The molecule has 0 saturated heterocycles. The molecule has 10 amide bonds. The number of rotatable bonds is 41. The number of hydrogen-bond donors (Lipinski definition) is 17. The van der Waals surface area contributed by atoms with Crippen molar-refractivity contribution in [3.63, 3.8) is 0 Å². The zero-order valence-electron chi connectivity index (χ0n) is 50.9. The third-order valence-electron chi connectivity index (χ3n) is 13.4. The van der Waals surface area contributed by atoms with E-state index in [-0.39, 0.29) is 45.2 Å². The number of unbranched alkanes of at least 4 members (excludes halogenated alkanes) is 5. The van der Waals surface area contributed by atoms with Crippen molar-refractivity contribution >= 4 is 65.0 Å². The Hall–Kier alpha value is -6.07. The highest BCUT2D eigenvalue weighted by molar-refractivity contribution is 6.01. The minimum atomic E-state index is -1.75. The lowest BCUT2D eigenvalue weighted by atomic mass is 9.96. The number of carboxylic acid groups (broad SMARTS) is 1. The van der Waals surface area contributed by atoms with Gasteiger partial charge in [-0.05, 0) is 212 Å². The van der Waals surface area contributed by atoms with Gasteiger partial charge in [0.1, 0.15) is 57.9 Å². The van der Waals surface area contributed by atoms with Crippen molar-refractivity contribution in [1.29, 1.82) is 0 Å². The maximum absolute atomic E-state index is 14.1. The summed E-state index contributed by atoms with van der Waals surface area (Å²) in [6.45, 7) is 18.3. The largest absolute Gasteiger partial charge is 0.480 e. The fourth-order valence-corrected chi connectivity index (χ4v) is 7.76. The molecule has 28 nitrogen and oxygen atoms in total. The van der Waals surface area contributed by atoms with E-state index in [4.69, 9.17) is 34.4 Å². The van der Waals surface area contributed by atoms with Gasteiger partial charge in [0.2, 0.25) is 59.1 Å². The first-order valence-corrected chi connectivity index (χ1v) is 28.5. The van der Waals surface area contributed by atoms with Gasteiger partial charge >= 0.3 is 5.97 Å². The monoisotopic (exact) mass is 1170 g/mol. The minimum absolute atomic E-state index is 0.0467. The van der Waals surface area contributed by atoms with Gasteiger partial charge < -0.3 is 92.7 Å². The standard InChI is InChI=1S/C54H104N16O12/c1-49(2,60)43(77)68-50(3,4)44(78)63-33(23-13-18-28-55)38(71)61-35(25-15-20-30-57)40(73)66-53(9,10)47(81)70-52(7,8)46(80)65-36(26-16-21-31-58)41(74)67-54(11,12)48(82)69-51(5,6)45(79)64-34(24-14-19-29-56)39(72)62-37(42(75)76)27-17-22-32-59/h33-37H,13-32,55-60H2,1-12H3,(H,61,71)(H,62,72)(H,63,78)(H,64,79)(H,65,80)(H,66,73)(H,67,74)(H,68,77)(H,69,82)(H,70,81)(H,75,76)/t33-,34-,35-,36-,37-/m0/s1. The van der Waals surface area contributed by atoms with Crippen molar-refractivity contribution in [2.75, 3.05) is 32.7 Å². The summed E-state index contributed by atoms with van der Waals surface area (Å²) in [5.41, 5.74) is 24.6. The first-order chi connectivity index (χ1) is 37.8. The molecule has 0 spiro atoms. The Bertz CT molecular complexity index is 2150. The van der Waals surface area contributed by atoms with Crippen LogP contribution in [0.15, 0.2) is 0 Å². The Morgan fingerprint density at radius 1 is 0.305 bits per heavy atom. The maximum atomic E-state index is 14.1. The van der Waals surface area contributed by atoms with Crippen LogP contribution in [-0.2, 0) is 52.7 Å². The molecule has 0 aliphatic carbocycles. The molecule has 23 N–H and O–H groups in total. The molecular formula is C54H104N16O12. The molecule has 472 valence electrons. The molecule has 0 saturated carbocycles. The lowest BCUT2D eigenvalue weighted by Gasteiger charge is -2.35. The molecule has 0 unspecified atom stereocenters. The second kappa shape index (κ2) is 35.2. The summed E-state index contributed by atoms with van der Waals surface area (Å²) in [4.78, 5) is 149. The van der Waals surface area contributed by atoms with E-state index in [2.05, 4.69) is 53.2 Å². The number of aliphatic carboxylic acids is 1. The summed E-state index contributed by atoms with van der Waals surface area (Å²) in [5, 5.41) is 36.1. The first kappa shape index (κ1) is 75.9. The molecule has 0 aromatic carbocycles. The lowest BCUT2D eigenvalue weighted by molar-refractivity contribution is -0.143. The van der Waals surface area contributed by atoms with Gasteiger partial charge in [0.25, 0.3) is 0 Å². The summed E-state index contributed by atoms with van der Waals surface area (Å²) in [6, 6.07) is -6.11. The summed E-state index contributed by atoms with van der Waals surface area (Å²) in [7, 11) is 0. The number of hydrogen-bond acceptors (Lipinski definition) is 17. The molecule has 0 aromatic heterocycles. The zero-order chi connectivity index (χ0) is 63.5. The Morgan fingerprint density at radius 3 is 0.780 bits per heavy atom. The molecule has 0 fully saturated rings. The molecule has 0 aliphatic heterocycles. The van der Waals surface area contributed by atoms with E-state index in [1.807, 2.05) is 0 Å². The third-order valence-corrected chi connectivity index (χ3v) is 13.4.